The number of imidazole rings is 1. The molecule has 0 spiro atoms. The molecule has 1 unspecified atom stereocenters. The highest BCUT2D eigenvalue weighted by molar-refractivity contribution is 5.85. The van der Waals surface area contributed by atoms with Crippen LogP contribution in [-0.2, 0) is 18.4 Å². The quantitative estimate of drug-likeness (QED) is 0.818. The number of rotatable bonds is 6. The van der Waals surface area contributed by atoms with Crippen LogP contribution in [0.2, 0.25) is 0 Å². The number of hydrogen-bond donors (Lipinski definition) is 2. The van der Waals surface area contributed by atoms with Crippen LogP contribution in [0.4, 0.5) is 0 Å². The van der Waals surface area contributed by atoms with Crippen molar-refractivity contribution in [2.75, 3.05) is 19.6 Å². The number of carbonyl (C=O) groups is 1. The average molecular weight is 366 g/mol. The fraction of sp³-hybridized carbons (Fsp3) is 0.556. The van der Waals surface area contributed by atoms with Crippen molar-refractivity contribution in [2.45, 2.75) is 38.3 Å². The van der Waals surface area contributed by atoms with Gasteiger partial charge in [0.1, 0.15) is 0 Å². The van der Waals surface area contributed by atoms with E-state index in [1.807, 2.05) is 17.9 Å². The second kappa shape index (κ2) is 9.17. The molecule has 3 rings (SSSR count). The summed E-state index contributed by atoms with van der Waals surface area (Å²) in [6.45, 7) is 3.11. The topological polar surface area (TPSA) is 76.2 Å². The van der Waals surface area contributed by atoms with E-state index in [-0.39, 0.29) is 18.3 Å². The molecular formula is C18H28ClN5O. The molecule has 2 heterocycles. The third kappa shape index (κ3) is 4.93. The normalized spacial score (nSPS) is 18.1. The molecule has 1 aromatic heterocycles. The number of nitrogens with zero attached hydrogens (tertiary/aromatic N) is 3. The van der Waals surface area contributed by atoms with Gasteiger partial charge in [-0.1, -0.05) is 12.5 Å². The number of carbonyl (C=O) groups excluding carboxylic acids is 1. The Morgan fingerprint density at radius 2 is 2.24 bits per heavy atom. The molecule has 0 bridgehead atoms. The summed E-state index contributed by atoms with van der Waals surface area (Å²) >= 11 is 0. The molecule has 25 heavy (non-hydrogen) atoms. The molecular weight excluding hydrogens is 338 g/mol. The lowest BCUT2D eigenvalue weighted by Crippen LogP contribution is -2.46. The highest BCUT2D eigenvalue weighted by Gasteiger charge is 2.23. The zero-order valence-corrected chi connectivity index (χ0v) is 15.6. The number of likely N-dealkylation sites (tertiary alicyclic amines) is 1. The van der Waals surface area contributed by atoms with Gasteiger partial charge < -0.3 is 15.6 Å². The fourth-order valence-corrected chi connectivity index (χ4v) is 3.46. The van der Waals surface area contributed by atoms with Gasteiger partial charge in [0.15, 0.2) is 0 Å². The lowest BCUT2D eigenvalue weighted by atomic mass is 10.0. The summed E-state index contributed by atoms with van der Waals surface area (Å²) < 4.78 is 2.04. The number of halogens is 1. The molecule has 1 aliphatic rings. The van der Waals surface area contributed by atoms with Crippen molar-refractivity contribution < 1.29 is 4.79 Å². The summed E-state index contributed by atoms with van der Waals surface area (Å²) in [5.74, 6) is 0.0536. The number of benzene rings is 1. The van der Waals surface area contributed by atoms with Crippen LogP contribution in [-0.4, -0.2) is 46.0 Å². The van der Waals surface area contributed by atoms with Crippen LogP contribution in [0.3, 0.4) is 0 Å². The van der Waals surface area contributed by atoms with Gasteiger partial charge in [-0.05, 0) is 37.1 Å². The monoisotopic (exact) mass is 365 g/mol. The maximum Gasteiger partial charge on any atom is 0.221 e. The number of piperidine rings is 1. The van der Waals surface area contributed by atoms with Crippen LogP contribution < -0.4 is 11.1 Å². The zero-order chi connectivity index (χ0) is 16.9. The standard InChI is InChI=1S/C18H27N5O.ClH/c1-22-13-21-16-10-14(5-6-17(16)22)12-23-9-3-2-4-15(23)11-20-18(24)7-8-19;/h5-6,10,13,15H,2-4,7-9,11-12,19H2,1H3,(H,20,24);1H. The Kier molecular flexibility index (Phi) is 7.23. The molecule has 0 saturated carbocycles. The second-order valence-electron chi connectivity index (χ2n) is 6.64. The van der Waals surface area contributed by atoms with Crippen molar-refractivity contribution in [3.63, 3.8) is 0 Å². The zero-order valence-electron chi connectivity index (χ0n) is 14.8. The van der Waals surface area contributed by atoms with Crippen LogP contribution >= 0.6 is 12.4 Å². The number of nitrogens with two attached hydrogens (primary N) is 1. The van der Waals surface area contributed by atoms with E-state index in [9.17, 15) is 4.79 Å². The molecule has 6 nitrogen and oxygen atoms in total. The van der Waals surface area contributed by atoms with Crippen LogP contribution in [0.5, 0.6) is 0 Å². The van der Waals surface area contributed by atoms with E-state index in [1.54, 1.807) is 0 Å². The summed E-state index contributed by atoms with van der Waals surface area (Å²) in [6.07, 6.45) is 5.84. The highest BCUT2D eigenvalue weighted by Crippen LogP contribution is 2.21. The SMILES string of the molecule is Cl.Cn1cnc2cc(CN3CCCCC3CNC(=O)CCN)ccc21. The van der Waals surface area contributed by atoms with Crippen molar-refractivity contribution in [1.82, 2.24) is 19.8 Å². The summed E-state index contributed by atoms with van der Waals surface area (Å²) in [7, 11) is 2.01. The molecule has 1 fully saturated rings. The Balaban J connectivity index is 0.00000225. The first-order valence-electron chi connectivity index (χ1n) is 8.78. The molecule has 7 heteroatoms. The van der Waals surface area contributed by atoms with Crippen molar-refractivity contribution in [3.8, 4) is 0 Å². The third-order valence-electron chi connectivity index (χ3n) is 4.83. The fourth-order valence-electron chi connectivity index (χ4n) is 3.46. The van der Waals surface area contributed by atoms with E-state index in [1.165, 1.54) is 18.4 Å². The first-order valence-corrected chi connectivity index (χ1v) is 8.78. The smallest absolute Gasteiger partial charge is 0.221 e. The van der Waals surface area contributed by atoms with Gasteiger partial charge in [0.2, 0.25) is 5.91 Å². The minimum absolute atomic E-state index is 0. The van der Waals surface area contributed by atoms with Gasteiger partial charge in [-0.2, -0.15) is 0 Å². The minimum atomic E-state index is 0. The number of fused-ring (bicyclic) bond motifs is 1. The summed E-state index contributed by atoms with van der Waals surface area (Å²) in [5.41, 5.74) is 8.91. The minimum Gasteiger partial charge on any atom is -0.354 e. The van der Waals surface area contributed by atoms with Gasteiger partial charge in [-0.3, -0.25) is 9.69 Å². The Hall–Kier alpha value is -1.63. The predicted molar refractivity (Wildman–Crippen MR) is 103 cm³/mol. The first-order chi connectivity index (χ1) is 11.7. The van der Waals surface area contributed by atoms with Crippen LogP contribution in [0.1, 0.15) is 31.2 Å². The Labute approximate surface area is 155 Å². The van der Waals surface area contributed by atoms with Gasteiger partial charge in [-0.15, -0.1) is 12.4 Å². The largest absolute Gasteiger partial charge is 0.354 e. The first kappa shape index (κ1) is 19.7. The van der Waals surface area contributed by atoms with E-state index in [2.05, 4.69) is 33.4 Å². The predicted octanol–water partition coefficient (Wildman–Crippen LogP) is 1.81. The van der Waals surface area contributed by atoms with E-state index >= 15 is 0 Å². The summed E-state index contributed by atoms with van der Waals surface area (Å²) in [6, 6.07) is 6.90. The van der Waals surface area contributed by atoms with Crippen molar-refractivity contribution in [2.24, 2.45) is 12.8 Å². The summed E-state index contributed by atoms with van der Waals surface area (Å²) in [4.78, 5) is 18.6. The second-order valence-corrected chi connectivity index (χ2v) is 6.64. The average Bonchev–Trinajstić information content (AvgIpc) is 2.95. The van der Waals surface area contributed by atoms with Gasteiger partial charge in [0, 0.05) is 39.1 Å². The van der Waals surface area contributed by atoms with Gasteiger partial charge in [0.25, 0.3) is 0 Å². The van der Waals surface area contributed by atoms with Crippen LogP contribution in [0, 0.1) is 0 Å². The highest BCUT2D eigenvalue weighted by atomic mass is 35.5. The van der Waals surface area contributed by atoms with Crippen molar-refractivity contribution >= 4 is 29.3 Å². The molecule has 1 amide bonds. The molecule has 1 saturated heterocycles. The lowest BCUT2D eigenvalue weighted by Gasteiger charge is -2.36. The molecule has 138 valence electrons. The van der Waals surface area contributed by atoms with Gasteiger partial charge in [0.05, 0.1) is 17.4 Å². The Bertz CT molecular complexity index is 702. The molecule has 1 aliphatic heterocycles. The van der Waals surface area contributed by atoms with E-state index in [4.69, 9.17) is 5.73 Å². The van der Waals surface area contributed by atoms with Gasteiger partial charge in [-0.25, -0.2) is 4.98 Å². The molecule has 3 N–H and O–H groups in total. The molecule has 0 aliphatic carbocycles. The maximum atomic E-state index is 11.7. The van der Waals surface area contributed by atoms with Crippen LogP contribution in [0.15, 0.2) is 24.5 Å². The van der Waals surface area contributed by atoms with Gasteiger partial charge >= 0.3 is 0 Å². The number of aryl methyl sites for hydroxylation is 1. The Morgan fingerprint density at radius 3 is 3.04 bits per heavy atom. The number of aromatic nitrogens is 2. The number of nitrogens with one attached hydrogen (secondary N) is 1. The molecule has 0 radical (unpaired) electrons. The van der Waals surface area contributed by atoms with E-state index in [0.29, 0.717) is 25.6 Å². The maximum absolute atomic E-state index is 11.7. The summed E-state index contributed by atoms with van der Waals surface area (Å²) in [5, 5.41) is 3.03. The van der Waals surface area contributed by atoms with Crippen LogP contribution in [0.25, 0.3) is 11.0 Å². The van der Waals surface area contributed by atoms with Crippen molar-refractivity contribution in [1.29, 1.82) is 0 Å². The Morgan fingerprint density at radius 1 is 1.40 bits per heavy atom. The van der Waals surface area contributed by atoms with Crippen molar-refractivity contribution in [3.05, 3.63) is 30.1 Å². The molecule has 1 atom stereocenters. The van der Waals surface area contributed by atoms with E-state index < -0.39 is 0 Å². The molecule has 1 aromatic carbocycles. The number of amides is 1. The lowest BCUT2D eigenvalue weighted by molar-refractivity contribution is -0.121. The third-order valence-corrected chi connectivity index (χ3v) is 4.83. The van der Waals surface area contributed by atoms with E-state index in [0.717, 1.165) is 30.5 Å². The number of hydrogen-bond acceptors (Lipinski definition) is 4. The molecule has 2 aromatic rings.